The second-order valence-corrected chi connectivity index (χ2v) is 7.60. The van der Waals surface area contributed by atoms with Gasteiger partial charge >= 0.3 is 0 Å². The van der Waals surface area contributed by atoms with E-state index in [1.165, 1.54) is 19.3 Å². The number of methoxy groups -OCH3 is 1. The average Bonchev–Trinajstić information content (AvgIpc) is 3.06. The number of benzene rings is 1. The Kier molecular flexibility index (Phi) is 5.63. The lowest BCUT2D eigenvalue weighted by Crippen LogP contribution is -2.31. The summed E-state index contributed by atoms with van der Waals surface area (Å²) in [6.45, 7) is 1.60. The van der Waals surface area contributed by atoms with Gasteiger partial charge in [0.05, 0.1) is 13.1 Å². The minimum atomic E-state index is -1.10. The molecule has 1 saturated carbocycles. The number of hydrogen-bond donors (Lipinski definition) is 0. The first-order chi connectivity index (χ1) is 12.1. The van der Waals surface area contributed by atoms with Gasteiger partial charge in [0.15, 0.2) is 5.16 Å². The molecule has 1 atom stereocenters. The van der Waals surface area contributed by atoms with Crippen molar-refractivity contribution in [3.8, 4) is 11.4 Å². The topological polar surface area (TPSA) is 80.1 Å². The Labute approximate surface area is 151 Å². The predicted octanol–water partition coefficient (Wildman–Crippen LogP) is 2.55. The zero-order valence-electron chi connectivity index (χ0n) is 14.5. The van der Waals surface area contributed by atoms with E-state index in [-0.39, 0.29) is 0 Å². The monoisotopic (exact) mass is 360 g/mol. The van der Waals surface area contributed by atoms with E-state index < -0.39 is 11.2 Å². The molecule has 1 heterocycles. The maximum atomic E-state index is 11.1. The van der Waals surface area contributed by atoms with Crippen molar-refractivity contribution in [1.82, 2.24) is 14.8 Å². The van der Waals surface area contributed by atoms with Crippen molar-refractivity contribution in [1.29, 1.82) is 0 Å². The van der Waals surface area contributed by atoms with Crippen LogP contribution < -0.4 is 9.84 Å². The minimum absolute atomic E-state index is 0.357. The maximum absolute atomic E-state index is 11.1. The van der Waals surface area contributed by atoms with Gasteiger partial charge in [-0.1, -0.05) is 31.0 Å². The first kappa shape index (κ1) is 17.8. The molecule has 0 radical (unpaired) electrons. The fraction of sp³-hybridized carbons (Fsp3) is 0.500. The molecule has 0 unspecified atom stereocenters. The summed E-state index contributed by atoms with van der Waals surface area (Å²) < 4.78 is 7.21. The summed E-state index contributed by atoms with van der Waals surface area (Å²) in [5.74, 6) is 0.940. The minimum Gasteiger partial charge on any atom is -0.549 e. The van der Waals surface area contributed by atoms with Crippen LogP contribution in [0.15, 0.2) is 29.4 Å². The number of carbonyl (C=O) groups excluding carboxylic acids is 1. The van der Waals surface area contributed by atoms with E-state index in [9.17, 15) is 9.90 Å². The van der Waals surface area contributed by atoms with Crippen LogP contribution in [0.1, 0.15) is 50.8 Å². The summed E-state index contributed by atoms with van der Waals surface area (Å²) in [6, 6.07) is 7.66. The van der Waals surface area contributed by atoms with Crippen LogP contribution in [0.3, 0.4) is 0 Å². The Morgan fingerprint density at radius 3 is 2.52 bits per heavy atom. The largest absolute Gasteiger partial charge is 0.549 e. The van der Waals surface area contributed by atoms with Crippen LogP contribution in [0.2, 0.25) is 0 Å². The third-order valence-electron chi connectivity index (χ3n) is 4.57. The van der Waals surface area contributed by atoms with Crippen LogP contribution in [0, 0.1) is 0 Å². The fourth-order valence-corrected chi connectivity index (χ4v) is 3.97. The molecule has 7 heteroatoms. The number of ether oxygens (including phenoxy) is 1. The van der Waals surface area contributed by atoms with Gasteiger partial charge in [0.1, 0.15) is 11.6 Å². The van der Waals surface area contributed by atoms with Crippen LogP contribution in [0.4, 0.5) is 0 Å². The van der Waals surface area contributed by atoms with Gasteiger partial charge in [-0.15, -0.1) is 10.2 Å². The molecule has 0 saturated heterocycles. The molecule has 1 aromatic heterocycles. The van der Waals surface area contributed by atoms with Gasteiger partial charge in [0.2, 0.25) is 0 Å². The molecule has 134 valence electrons. The predicted molar refractivity (Wildman–Crippen MR) is 94.1 cm³/mol. The molecular weight excluding hydrogens is 338 g/mol. The van der Waals surface area contributed by atoms with Gasteiger partial charge in [-0.05, 0) is 44.0 Å². The standard InChI is InChI=1S/C18H23N3O3S/c1-12(17(22)23)25-18-20-19-16(13-6-4-3-5-7-13)21(18)14-8-10-15(24-2)11-9-14/h8-13H,3-7H2,1-2H3,(H,22,23)/p-1/t12-/m1/s1. The Morgan fingerprint density at radius 1 is 1.24 bits per heavy atom. The summed E-state index contributed by atoms with van der Waals surface area (Å²) >= 11 is 1.16. The van der Waals surface area contributed by atoms with Crippen LogP contribution in [-0.2, 0) is 4.79 Å². The molecular formula is C18H22N3O3S-. The van der Waals surface area contributed by atoms with Gasteiger partial charge in [-0.2, -0.15) is 0 Å². The summed E-state index contributed by atoms with van der Waals surface area (Å²) in [4.78, 5) is 11.1. The van der Waals surface area contributed by atoms with Crippen molar-refractivity contribution in [3.05, 3.63) is 30.1 Å². The molecule has 1 aliphatic carbocycles. The molecule has 0 aliphatic heterocycles. The van der Waals surface area contributed by atoms with Crippen molar-refractivity contribution in [3.63, 3.8) is 0 Å². The molecule has 6 nitrogen and oxygen atoms in total. The lowest BCUT2D eigenvalue weighted by Gasteiger charge is -2.22. The van der Waals surface area contributed by atoms with Crippen molar-refractivity contribution < 1.29 is 14.6 Å². The van der Waals surface area contributed by atoms with Crippen LogP contribution in [-0.4, -0.2) is 33.1 Å². The van der Waals surface area contributed by atoms with Crippen molar-refractivity contribution in [2.24, 2.45) is 0 Å². The molecule has 0 spiro atoms. The Balaban J connectivity index is 2.00. The smallest absolute Gasteiger partial charge is 0.196 e. The second-order valence-electron chi connectivity index (χ2n) is 6.29. The number of carboxylic acid groups (broad SMARTS) is 1. The molecule has 0 bridgehead atoms. The first-order valence-electron chi connectivity index (χ1n) is 8.57. The average molecular weight is 360 g/mol. The number of aromatic nitrogens is 3. The highest BCUT2D eigenvalue weighted by Gasteiger charge is 2.25. The molecule has 1 fully saturated rings. The van der Waals surface area contributed by atoms with Crippen molar-refractivity contribution in [2.75, 3.05) is 7.11 Å². The number of carboxylic acids is 1. The molecule has 3 rings (SSSR count). The lowest BCUT2D eigenvalue weighted by molar-refractivity contribution is -0.304. The molecule has 25 heavy (non-hydrogen) atoms. The van der Waals surface area contributed by atoms with E-state index in [0.29, 0.717) is 11.1 Å². The summed E-state index contributed by atoms with van der Waals surface area (Å²) in [7, 11) is 1.63. The lowest BCUT2D eigenvalue weighted by atomic mass is 9.88. The van der Waals surface area contributed by atoms with Gasteiger partial charge in [0.25, 0.3) is 0 Å². The SMILES string of the molecule is COc1ccc(-n2c(S[C@H](C)C(=O)[O-])nnc2C2CCCCC2)cc1. The normalized spacial score (nSPS) is 16.6. The Hall–Kier alpha value is -2.02. The van der Waals surface area contributed by atoms with Crippen LogP contribution >= 0.6 is 11.8 Å². The van der Waals surface area contributed by atoms with Gasteiger partial charge < -0.3 is 14.6 Å². The third kappa shape index (κ3) is 3.98. The number of carbonyl (C=O) groups is 1. The van der Waals surface area contributed by atoms with E-state index in [0.717, 1.165) is 41.9 Å². The number of nitrogens with zero attached hydrogens (tertiary/aromatic N) is 3. The number of hydrogen-bond acceptors (Lipinski definition) is 6. The Morgan fingerprint density at radius 2 is 1.92 bits per heavy atom. The van der Waals surface area contributed by atoms with E-state index in [2.05, 4.69) is 10.2 Å². The first-order valence-corrected chi connectivity index (χ1v) is 9.45. The summed E-state index contributed by atoms with van der Waals surface area (Å²) in [5.41, 5.74) is 0.916. The molecule has 0 N–H and O–H groups in total. The highest BCUT2D eigenvalue weighted by atomic mass is 32.2. The van der Waals surface area contributed by atoms with Gasteiger partial charge in [-0.25, -0.2) is 0 Å². The van der Waals surface area contributed by atoms with E-state index in [1.807, 2.05) is 28.8 Å². The van der Waals surface area contributed by atoms with Crippen LogP contribution in [0.5, 0.6) is 5.75 Å². The van der Waals surface area contributed by atoms with Gasteiger partial charge in [0, 0.05) is 16.9 Å². The fourth-order valence-electron chi connectivity index (χ4n) is 3.16. The number of rotatable bonds is 6. The third-order valence-corrected chi connectivity index (χ3v) is 5.59. The molecule has 0 amide bonds. The zero-order chi connectivity index (χ0) is 17.8. The molecule has 2 aromatic rings. The van der Waals surface area contributed by atoms with Crippen molar-refractivity contribution in [2.45, 2.75) is 55.4 Å². The Bertz CT molecular complexity index is 724. The number of aliphatic carboxylic acids is 1. The molecule has 1 aliphatic rings. The highest BCUT2D eigenvalue weighted by Crippen LogP contribution is 2.35. The van der Waals surface area contributed by atoms with E-state index in [4.69, 9.17) is 4.74 Å². The maximum Gasteiger partial charge on any atom is 0.196 e. The summed E-state index contributed by atoms with van der Waals surface area (Å²) in [6.07, 6.45) is 5.83. The van der Waals surface area contributed by atoms with E-state index in [1.54, 1.807) is 14.0 Å². The van der Waals surface area contributed by atoms with Crippen molar-refractivity contribution >= 4 is 17.7 Å². The quantitative estimate of drug-likeness (QED) is 0.737. The van der Waals surface area contributed by atoms with Gasteiger partial charge in [-0.3, -0.25) is 4.57 Å². The second kappa shape index (κ2) is 7.91. The molecule has 1 aromatic carbocycles. The summed E-state index contributed by atoms with van der Waals surface area (Å²) in [5, 5.41) is 19.7. The van der Waals surface area contributed by atoms with E-state index >= 15 is 0 Å². The van der Waals surface area contributed by atoms with Crippen LogP contribution in [0.25, 0.3) is 5.69 Å². The number of thioether (sulfide) groups is 1. The highest BCUT2D eigenvalue weighted by molar-refractivity contribution is 8.00. The zero-order valence-corrected chi connectivity index (χ0v) is 15.3.